The Balaban J connectivity index is 2.97. The number of carbonyl (C=O) groups is 1. The lowest BCUT2D eigenvalue weighted by atomic mass is 9.89. The van der Waals surface area contributed by atoms with Crippen molar-refractivity contribution in [2.24, 2.45) is 5.73 Å². The zero-order valence-electron chi connectivity index (χ0n) is 11.6. The van der Waals surface area contributed by atoms with E-state index in [0.717, 1.165) is 18.4 Å². The first-order chi connectivity index (χ1) is 8.60. The van der Waals surface area contributed by atoms with Gasteiger partial charge in [-0.25, -0.2) is 0 Å². The zero-order valence-corrected chi connectivity index (χ0v) is 11.6. The molecule has 1 rings (SSSR count). The Morgan fingerprint density at radius 1 is 1.39 bits per heavy atom. The van der Waals surface area contributed by atoms with Crippen LogP contribution in [0.25, 0.3) is 0 Å². The van der Waals surface area contributed by atoms with Gasteiger partial charge in [-0.3, -0.25) is 4.79 Å². The third kappa shape index (κ3) is 3.84. The molecule has 0 aliphatic rings. The highest BCUT2D eigenvalue weighted by Gasteiger charge is 2.20. The maximum atomic E-state index is 12.1. The molecule has 3 nitrogen and oxygen atoms in total. The smallest absolute Gasteiger partial charge is 0.227 e. The van der Waals surface area contributed by atoms with E-state index in [9.17, 15) is 4.79 Å². The number of hydrogen-bond acceptors (Lipinski definition) is 2. The first kappa shape index (κ1) is 14.7. The lowest BCUT2D eigenvalue weighted by molar-refractivity contribution is -0.122. The predicted molar refractivity (Wildman–Crippen MR) is 75.6 cm³/mol. The Labute approximate surface area is 110 Å². The number of nitrogens with two attached hydrogens (primary N) is 1. The van der Waals surface area contributed by atoms with Crippen LogP contribution in [0.15, 0.2) is 18.2 Å². The van der Waals surface area contributed by atoms with Crippen LogP contribution in [0.1, 0.15) is 42.4 Å². The lowest BCUT2D eigenvalue weighted by Crippen LogP contribution is -2.30. The zero-order chi connectivity index (χ0) is 13.5. The van der Waals surface area contributed by atoms with Gasteiger partial charge in [0, 0.05) is 6.54 Å². The van der Waals surface area contributed by atoms with Gasteiger partial charge in [-0.1, -0.05) is 23.8 Å². The van der Waals surface area contributed by atoms with Crippen LogP contribution in [0, 0.1) is 13.8 Å². The summed E-state index contributed by atoms with van der Waals surface area (Å²) in [6, 6.07) is 6.27. The lowest BCUT2D eigenvalue weighted by Gasteiger charge is -2.19. The molecule has 0 bridgehead atoms. The quantitative estimate of drug-likeness (QED) is 0.811. The number of hydrogen-bond donors (Lipinski definition) is 2. The molecule has 0 spiro atoms. The van der Waals surface area contributed by atoms with Crippen LogP contribution in [0.4, 0.5) is 0 Å². The Bertz CT molecular complexity index is 401. The van der Waals surface area contributed by atoms with E-state index in [1.165, 1.54) is 11.1 Å². The summed E-state index contributed by atoms with van der Waals surface area (Å²) in [5, 5.41) is 2.92. The van der Waals surface area contributed by atoms with Crippen molar-refractivity contribution in [3.05, 3.63) is 34.9 Å². The monoisotopic (exact) mass is 248 g/mol. The molecule has 1 atom stereocenters. The standard InChI is InChI=1S/C15H24N2O/c1-4-17-15(18)14(6-5-9-16)13-8-7-11(2)10-12(13)3/h7-8,10,14H,4-6,9,16H2,1-3H3,(H,17,18). The second-order valence-electron chi connectivity index (χ2n) is 4.74. The van der Waals surface area contributed by atoms with Crippen LogP contribution >= 0.6 is 0 Å². The van der Waals surface area contributed by atoms with Gasteiger partial charge >= 0.3 is 0 Å². The Morgan fingerprint density at radius 2 is 2.11 bits per heavy atom. The summed E-state index contributed by atoms with van der Waals surface area (Å²) < 4.78 is 0. The second kappa shape index (κ2) is 7.17. The maximum absolute atomic E-state index is 12.1. The molecule has 0 aromatic heterocycles. The summed E-state index contributed by atoms with van der Waals surface area (Å²) in [5.74, 6) is 0.0343. The largest absolute Gasteiger partial charge is 0.356 e. The molecule has 0 aliphatic heterocycles. The number of carbonyl (C=O) groups excluding carboxylic acids is 1. The summed E-state index contributed by atoms with van der Waals surface area (Å²) in [5.41, 5.74) is 9.09. The number of rotatable bonds is 6. The first-order valence-electron chi connectivity index (χ1n) is 6.65. The van der Waals surface area contributed by atoms with Crippen LogP contribution in [0.5, 0.6) is 0 Å². The molecule has 0 fully saturated rings. The van der Waals surface area contributed by atoms with E-state index in [1.807, 2.05) is 6.92 Å². The fourth-order valence-corrected chi connectivity index (χ4v) is 2.26. The highest BCUT2D eigenvalue weighted by Crippen LogP contribution is 2.25. The Kier molecular flexibility index (Phi) is 5.86. The van der Waals surface area contributed by atoms with E-state index in [4.69, 9.17) is 5.73 Å². The number of nitrogens with one attached hydrogen (secondary N) is 1. The van der Waals surface area contributed by atoms with Crippen molar-refractivity contribution in [3.63, 3.8) is 0 Å². The predicted octanol–water partition coefficient (Wildman–Crippen LogP) is 2.26. The van der Waals surface area contributed by atoms with E-state index in [1.54, 1.807) is 0 Å². The normalized spacial score (nSPS) is 12.2. The molecule has 100 valence electrons. The van der Waals surface area contributed by atoms with Gasteiger partial charge < -0.3 is 11.1 Å². The molecule has 0 radical (unpaired) electrons. The Hall–Kier alpha value is -1.35. The SMILES string of the molecule is CCNC(=O)C(CCCN)c1ccc(C)cc1C. The van der Waals surface area contributed by atoms with Crippen LogP contribution in [0.3, 0.4) is 0 Å². The van der Waals surface area contributed by atoms with Gasteiger partial charge in [0.25, 0.3) is 0 Å². The fraction of sp³-hybridized carbons (Fsp3) is 0.533. The number of amides is 1. The first-order valence-corrected chi connectivity index (χ1v) is 6.65. The summed E-state index contributed by atoms with van der Waals surface area (Å²) in [4.78, 5) is 12.1. The van der Waals surface area contributed by atoms with Crippen molar-refractivity contribution >= 4 is 5.91 Å². The molecule has 0 aliphatic carbocycles. The number of benzene rings is 1. The van der Waals surface area contributed by atoms with E-state index < -0.39 is 0 Å². The maximum Gasteiger partial charge on any atom is 0.227 e. The van der Waals surface area contributed by atoms with Gasteiger partial charge in [0.2, 0.25) is 5.91 Å². The van der Waals surface area contributed by atoms with Crippen LogP contribution in [-0.4, -0.2) is 19.0 Å². The molecule has 3 heteroatoms. The van der Waals surface area contributed by atoms with Crippen molar-refractivity contribution in [2.75, 3.05) is 13.1 Å². The van der Waals surface area contributed by atoms with Crippen molar-refractivity contribution in [1.29, 1.82) is 0 Å². The molecule has 1 unspecified atom stereocenters. The minimum atomic E-state index is -0.0749. The summed E-state index contributed by atoms with van der Waals surface area (Å²) in [6.07, 6.45) is 1.68. The van der Waals surface area contributed by atoms with E-state index in [-0.39, 0.29) is 11.8 Å². The molecule has 0 heterocycles. The minimum Gasteiger partial charge on any atom is -0.356 e. The number of likely N-dealkylation sites (N-methyl/N-ethyl adjacent to an activating group) is 1. The molecular formula is C15H24N2O. The molecule has 0 saturated carbocycles. The second-order valence-corrected chi connectivity index (χ2v) is 4.74. The molecule has 1 aromatic rings. The van der Waals surface area contributed by atoms with E-state index in [2.05, 4.69) is 37.4 Å². The van der Waals surface area contributed by atoms with Crippen LogP contribution in [0.2, 0.25) is 0 Å². The summed E-state index contributed by atoms with van der Waals surface area (Å²) in [6.45, 7) is 7.37. The van der Waals surface area contributed by atoms with Crippen molar-refractivity contribution in [1.82, 2.24) is 5.32 Å². The molecule has 3 N–H and O–H groups in total. The third-order valence-electron chi connectivity index (χ3n) is 3.17. The van der Waals surface area contributed by atoms with Crippen LogP contribution in [-0.2, 0) is 4.79 Å². The molecule has 18 heavy (non-hydrogen) atoms. The Morgan fingerprint density at radius 3 is 2.67 bits per heavy atom. The van der Waals surface area contributed by atoms with Gasteiger partial charge in [0.1, 0.15) is 0 Å². The fourth-order valence-electron chi connectivity index (χ4n) is 2.26. The van der Waals surface area contributed by atoms with Crippen molar-refractivity contribution < 1.29 is 4.79 Å². The topological polar surface area (TPSA) is 55.1 Å². The van der Waals surface area contributed by atoms with Gasteiger partial charge in [0.15, 0.2) is 0 Å². The van der Waals surface area contributed by atoms with Gasteiger partial charge in [-0.15, -0.1) is 0 Å². The highest BCUT2D eigenvalue weighted by molar-refractivity contribution is 5.84. The minimum absolute atomic E-state index is 0.0749. The molecular weight excluding hydrogens is 224 g/mol. The van der Waals surface area contributed by atoms with Gasteiger partial charge in [-0.05, 0) is 51.3 Å². The van der Waals surface area contributed by atoms with Crippen molar-refractivity contribution in [3.8, 4) is 0 Å². The van der Waals surface area contributed by atoms with E-state index in [0.29, 0.717) is 13.1 Å². The average molecular weight is 248 g/mol. The average Bonchev–Trinajstić information content (AvgIpc) is 2.32. The van der Waals surface area contributed by atoms with Gasteiger partial charge in [0.05, 0.1) is 5.92 Å². The molecule has 1 amide bonds. The summed E-state index contributed by atoms with van der Waals surface area (Å²) >= 11 is 0. The molecule has 0 saturated heterocycles. The third-order valence-corrected chi connectivity index (χ3v) is 3.17. The summed E-state index contributed by atoms with van der Waals surface area (Å²) in [7, 11) is 0. The van der Waals surface area contributed by atoms with Gasteiger partial charge in [-0.2, -0.15) is 0 Å². The number of aryl methyl sites for hydroxylation is 2. The van der Waals surface area contributed by atoms with Crippen LogP contribution < -0.4 is 11.1 Å². The highest BCUT2D eigenvalue weighted by atomic mass is 16.1. The van der Waals surface area contributed by atoms with Crippen molar-refractivity contribution in [2.45, 2.75) is 39.5 Å². The molecule has 1 aromatic carbocycles. The van der Waals surface area contributed by atoms with E-state index >= 15 is 0 Å².